The van der Waals surface area contributed by atoms with Crippen molar-refractivity contribution in [3.05, 3.63) is 18.2 Å². The molecule has 0 saturated heterocycles. The van der Waals surface area contributed by atoms with Crippen LogP contribution in [0.5, 0.6) is 0 Å². The lowest BCUT2D eigenvalue weighted by Crippen LogP contribution is -2.30. The highest BCUT2D eigenvalue weighted by atomic mass is 16.5. The molecular weight excluding hydrogens is 202 g/mol. The number of aromatic nitrogens is 2. The molecule has 0 bridgehead atoms. The van der Waals surface area contributed by atoms with Gasteiger partial charge in [-0.05, 0) is 32.6 Å². The van der Waals surface area contributed by atoms with E-state index in [1.54, 1.807) is 0 Å². The Kier molecular flexibility index (Phi) is 3.96. The van der Waals surface area contributed by atoms with Crippen molar-refractivity contribution in [1.82, 2.24) is 9.55 Å². The monoisotopic (exact) mass is 223 g/mol. The fourth-order valence-corrected chi connectivity index (χ4v) is 2.21. The van der Waals surface area contributed by atoms with Crippen LogP contribution in [0.2, 0.25) is 0 Å². The van der Waals surface area contributed by atoms with Crippen LogP contribution in [0.1, 0.15) is 31.5 Å². The summed E-state index contributed by atoms with van der Waals surface area (Å²) in [6.07, 6.45) is 8.69. The van der Waals surface area contributed by atoms with E-state index in [1.807, 2.05) is 19.3 Å². The molecule has 0 unspecified atom stereocenters. The minimum absolute atomic E-state index is 0.399. The second-order valence-electron chi connectivity index (χ2n) is 4.58. The van der Waals surface area contributed by atoms with E-state index < -0.39 is 0 Å². The first-order chi connectivity index (χ1) is 7.75. The smallest absolute Gasteiger partial charge is 0.105 e. The van der Waals surface area contributed by atoms with Crippen LogP contribution in [0, 0.1) is 6.92 Å². The summed E-state index contributed by atoms with van der Waals surface area (Å²) in [6, 6.07) is 0.399. The van der Waals surface area contributed by atoms with Crippen molar-refractivity contribution >= 4 is 0 Å². The molecule has 0 atom stereocenters. The molecule has 0 aromatic carbocycles. The van der Waals surface area contributed by atoms with Gasteiger partial charge < -0.3 is 15.0 Å². The van der Waals surface area contributed by atoms with E-state index in [2.05, 4.69) is 9.55 Å². The Hall–Kier alpha value is -0.870. The van der Waals surface area contributed by atoms with Gasteiger partial charge in [0.1, 0.15) is 5.82 Å². The predicted octanol–water partition coefficient (Wildman–Crippen LogP) is 1.48. The molecule has 0 spiro atoms. The highest BCUT2D eigenvalue weighted by molar-refractivity contribution is 4.88. The molecule has 0 aliphatic heterocycles. The van der Waals surface area contributed by atoms with Crippen molar-refractivity contribution in [2.75, 3.05) is 6.61 Å². The molecule has 4 nitrogen and oxygen atoms in total. The number of nitrogens with two attached hydrogens (primary N) is 1. The molecular formula is C12H21N3O. The largest absolute Gasteiger partial charge is 0.376 e. The first-order valence-electron chi connectivity index (χ1n) is 6.10. The Bertz CT molecular complexity index is 316. The van der Waals surface area contributed by atoms with Crippen molar-refractivity contribution in [2.45, 2.75) is 51.3 Å². The maximum atomic E-state index is 5.86. The standard InChI is InChI=1S/C12H21N3O/c1-10-14-6-7-15(10)8-9-16-12-4-2-11(13)3-5-12/h6-7,11-12H,2-5,8-9,13H2,1H3. The Morgan fingerprint density at radius 3 is 2.81 bits per heavy atom. The highest BCUT2D eigenvalue weighted by Crippen LogP contribution is 2.19. The second kappa shape index (κ2) is 5.46. The highest BCUT2D eigenvalue weighted by Gasteiger charge is 2.18. The molecule has 16 heavy (non-hydrogen) atoms. The summed E-state index contributed by atoms with van der Waals surface area (Å²) in [5.74, 6) is 1.05. The van der Waals surface area contributed by atoms with E-state index in [4.69, 9.17) is 10.5 Å². The summed E-state index contributed by atoms with van der Waals surface area (Å²) in [5.41, 5.74) is 5.85. The molecule has 1 fully saturated rings. The van der Waals surface area contributed by atoms with Crippen LogP contribution in [0.4, 0.5) is 0 Å². The lowest BCUT2D eigenvalue weighted by molar-refractivity contribution is 0.0207. The van der Waals surface area contributed by atoms with E-state index in [0.29, 0.717) is 12.1 Å². The zero-order chi connectivity index (χ0) is 11.4. The minimum atomic E-state index is 0.399. The summed E-state index contributed by atoms with van der Waals surface area (Å²) < 4.78 is 7.98. The topological polar surface area (TPSA) is 53.1 Å². The molecule has 1 aromatic heterocycles. The molecule has 0 amide bonds. The van der Waals surface area contributed by atoms with Crippen LogP contribution in [0.25, 0.3) is 0 Å². The third-order valence-electron chi connectivity index (χ3n) is 3.33. The summed E-state index contributed by atoms with van der Waals surface area (Å²) in [7, 11) is 0. The van der Waals surface area contributed by atoms with Crippen molar-refractivity contribution in [3.8, 4) is 0 Å². The first kappa shape index (κ1) is 11.6. The van der Waals surface area contributed by atoms with Crippen molar-refractivity contribution in [1.29, 1.82) is 0 Å². The molecule has 2 N–H and O–H groups in total. The number of rotatable bonds is 4. The Labute approximate surface area is 96.8 Å². The molecule has 1 aromatic rings. The summed E-state index contributed by atoms with van der Waals surface area (Å²) >= 11 is 0. The average molecular weight is 223 g/mol. The number of hydrogen-bond donors (Lipinski definition) is 1. The van der Waals surface area contributed by atoms with Gasteiger partial charge in [0.25, 0.3) is 0 Å². The summed E-state index contributed by atoms with van der Waals surface area (Å²) in [5, 5.41) is 0. The van der Waals surface area contributed by atoms with Crippen LogP contribution in [0.3, 0.4) is 0 Å². The maximum absolute atomic E-state index is 5.86. The van der Waals surface area contributed by atoms with Crippen molar-refractivity contribution in [2.24, 2.45) is 5.73 Å². The zero-order valence-corrected chi connectivity index (χ0v) is 9.93. The molecule has 0 radical (unpaired) electrons. The SMILES string of the molecule is Cc1nccn1CCOC1CCC(N)CC1. The lowest BCUT2D eigenvalue weighted by atomic mass is 9.94. The quantitative estimate of drug-likeness (QED) is 0.841. The van der Waals surface area contributed by atoms with Crippen LogP contribution in [-0.4, -0.2) is 28.3 Å². The number of imidazole rings is 1. The van der Waals surface area contributed by atoms with E-state index in [1.165, 1.54) is 0 Å². The van der Waals surface area contributed by atoms with E-state index in [9.17, 15) is 0 Å². The molecule has 1 aliphatic carbocycles. The summed E-state index contributed by atoms with van der Waals surface area (Å²) in [4.78, 5) is 4.18. The third kappa shape index (κ3) is 3.06. The number of ether oxygens (including phenoxy) is 1. The van der Waals surface area contributed by atoms with Crippen LogP contribution in [0.15, 0.2) is 12.4 Å². The molecule has 2 rings (SSSR count). The molecule has 90 valence electrons. The normalized spacial score (nSPS) is 25.9. The van der Waals surface area contributed by atoms with Crippen LogP contribution < -0.4 is 5.73 Å². The first-order valence-corrected chi connectivity index (χ1v) is 6.10. The maximum Gasteiger partial charge on any atom is 0.105 e. The van der Waals surface area contributed by atoms with Gasteiger partial charge in [-0.1, -0.05) is 0 Å². The van der Waals surface area contributed by atoms with Gasteiger partial charge >= 0.3 is 0 Å². The second-order valence-corrected chi connectivity index (χ2v) is 4.58. The fraction of sp³-hybridized carbons (Fsp3) is 0.750. The number of aryl methyl sites for hydroxylation is 1. The van der Waals surface area contributed by atoms with Crippen LogP contribution >= 0.6 is 0 Å². The fourth-order valence-electron chi connectivity index (χ4n) is 2.21. The summed E-state index contributed by atoms with van der Waals surface area (Å²) in [6.45, 7) is 3.69. The van der Waals surface area contributed by atoms with Gasteiger partial charge in [-0.2, -0.15) is 0 Å². The predicted molar refractivity (Wildman–Crippen MR) is 63.1 cm³/mol. The third-order valence-corrected chi connectivity index (χ3v) is 3.33. The van der Waals surface area contributed by atoms with Gasteiger partial charge in [-0.15, -0.1) is 0 Å². The minimum Gasteiger partial charge on any atom is -0.376 e. The van der Waals surface area contributed by atoms with E-state index in [-0.39, 0.29) is 0 Å². The van der Waals surface area contributed by atoms with Crippen molar-refractivity contribution in [3.63, 3.8) is 0 Å². The van der Waals surface area contributed by atoms with Gasteiger partial charge in [0, 0.05) is 25.0 Å². The Balaban J connectivity index is 1.67. The van der Waals surface area contributed by atoms with Gasteiger partial charge in [0.2, 0.25) is 0 Å². The molecule has 4 heteroatoms. The van der Waals surface area contributed by atoms with Crippen molar-refractivity contribution < 1.29 is 4.74 Å². The number of hydrogen-bond acceptors (Lipinski definition) is 3. The number of nitrogens with zero attached hydrogens (tertiary/aromatic N) is 2. The molecule has 1 saturated carbocycles. The Morgan fingerprint density at radius 1 is 1.44 bits per heavy atom. The molecule has 1 aliphatic rings. The van der Waals surface area contributed by atoms with E-state index in [0.717, 1.165) is 44.7 Å². The van der Waals surface area contributed by atoms with Crippen LogP contribution in [-0.2, 0) is 11.3 Å². The lowest BCUT2D eigenvalue weighted by Gasteiger charge is -2.26. The molecule has 1 heterocycles. The van der Waals surface area contributed by atoms with Gasteiger partial charge in [-0.25, -0.2) is 4.98 Å². The van der Waals surface area contributed by atoms with E-state index >= 15 is 0 Å². The van der Waals surface area contributed by atoms with Gasteiger partial charge in [0.15, 0.2) is 0 Å². The zero-order valence-electron chi connectivity index (χ0n) is 9.93. The van der Waals surface area contributed by atoms with Gasteiger partial charge in [0.05, 0.1) is 12.7 Å². The Morgan fingerprint density at radius 2 is 2.19 bits per heavy atom. The average Bonchev–Trinajstić information content (AvgIpc) is 2.68. The van der Waals surface area contributed by atoms with Gasteiger partial charge in [-0.3, -0.25) is 0 Å².